The monoisotopic (exact) mass is 245 g/mol. The van der Waals surface area contributed by atoms with Gasteiger partial charge in [-0.25, -0.2) is 0 Å². The van der Waals surface area contributed by atoms with Crippen LogP contribution in [0.4, 0.5) is 0 Å². The van der Waals surface area contributed by atoms with E-state index in [1.165, 1.54) is 5.69 Å². The Morgan fingerprint density at radius 3 is 2.56 bits per heavy atom. The molecule has 18 heavy (non-hydrogen) atoms. The number of aryl methyl sites for hydroxylation is 1. The average molecular weight is 245 g/mol. The number of nitrogens with two attached hydrogens (primary N) is 1. The van der Waals surface area contributed by atoms with Gasteiger partial charge in [0.1, 0.15) is 5.75 Å². The molecule has 0 aliphatic heterocycles. The molecule has 2 rings (SSSR count). The SMILES string of the molecule is C[C@H](N)c1ccc(OCCc2ccnn2C)cc1. The maximum Gasteiger partial charge on any atom is 0.119 e. The van der Waals surface area contributed by atoms with E-state index < -0.39 is 0 Å². The zero-order chi connectivity index (χ0) is 13.0. The van der Waals surface area contributed by atoms with E-state index in [9.17, 15) is 0 Å². The zero-order valence-electron chi connectivity index (χ0n) is 10.8. The summed E-state index contributed by atoms with van der Waals surface area (Å²) >= 11 is 0. The fraction of sp³-hybridized carbons (Fsp3) is 0.357. The molecule has 0 saturated carbocycles. The lowest BCUT2D eigenvalue weighted by atomic mass is 10.1. The summed E-state index contributed by atoms with van der Waals surface area (Å²) in [6.07, 6.45) is 2.65. The van der Waals surface area contributed by atoms with Crippen LogP contribution < -0.4 is 10.5 Å². The van der Waals surface area contributed by atoms with E-state index in [-0.39, 0.29) is 6.04 Å². The molecule has 1 aromatic carbocycles. The highest BCUT2D eigenvalue weighted by Crippen LogP contribution is 2.16. The number of nitrogens with zero attached hydrogens (tertiary/aromatic N) is 2. The smallest absolute Gasteiger partial charge is 0.119 e. The lowest BCUT2D eigenvalue weighted by molar-refractivity contribution is 0.318. The van der Waals surface area contributed by atoms with E-state index in [2.05, 4.69) is 5.10 Å². The molecule has 2 aromatic rings. The first-order valence-electron chi connectivity index (χ1n) is 6.12. The van der Waals surface area contributed by atoms with Gasteiger partial charge in [0.2, 0.25) is 0 Å². The molecule has 0 unspecified atom stereocenters. The minimum atomic E-state index is 0.0634. The number of aromatic nitrogens is 2. The van der Waals surface area contributed by atoms with Gasteiger partial charge in [-0.15, -0.1) is 0 Å². The summed E-state index contributed by atoms with van der Waals surface area (Å²) in [7, 11) is 1.94. The molecule has 4 nitrogen and oxygen atoms in total. The predicted molar refractivity (Wildman–Crippen MR) is 71.5 cm³/mol. The number of benzene rings is 1. The highest BCUT2D eigenvalue weighted by Gasteiger charge is 2.01. The summed E-state index contributed by atoms with van der Waals surface area (Å²) in [5, 5.41) is 4.12. The minimum absolute atomic E-state index is 0.0634. The van der Waals surface area contributed by atoms with Crippen LogP contribution in [0.15, 0.2) is 36.5 Å². The zero-order valence-corrected chi connectivity index (χ0v) is 10.8. The predicted octanol–water partition coefficient (Wildman–Crippen LogP) is 2.06. The van der Waals surface area contributed by atoms with Gasteiger partial charge in [0, 0.05) is 31.4 Å². The van der Waals surface area contributed by atoms with Crippen LogP contribution >= 0.6 is 0 Å². The van der Waals surface area contributed by atoms with Crippen molar-refractivity contribution in [3.05, 3.63) is 47.8 Å². The van der Waals surface area contributed by atoms with Crippen LogP contribution in [-0.2, 0) is 13.5 Å². The molecule has 1 aromatic heterocycles. The van der Waals surface area contributed by atoms with Crippen LogP contribution in [0.5, 0.6) is 5.75 Å². The van der Waals surface area contributed by atoms with Gasteiger partial charge in [-0.3, -0.25) is 4.68 Å². The first kappa shape index (κ1) is 12.6. The molecular weight excluding hydrogens is 226 g/mol. The van der Waals surface area contributed by atoms with Crippen molar-refractivity contribution >= 4 is 0 Å². The highest BCUT2D eigenvalue weighted by molar-refractivity contribution is 5.28. The molecule has 1 atom stereocenters. The van der Waals surface area contributed by atoms with Crippen LogP contribution in [0.25, 0.3) is 0 Å². The number of hydrogen-bond donors (Lipinski definition) is 1. The van der Waals surface area contributed by atoms with E-state index >= 15 is 0 Å². The van der Waals surface area contributed by atoms with Gasteiger partial charge in [0.05, 0.1) is 6.61 Å². The first-order valence-corrected chi connectivity index (χ1v) is 6.12. The first-order chi connectivity index (χ1) is 8.66. The van der Waals surface area contributed by atoms with Crippen molar-refractivity contribution in [1.82, 2.24) is 9.78 Å². The lowest BCUT2D eigenvalue weighted by Gasteiger charge is -2.09. The third-order valence-electron chi connectivity index (χ3n) is 2.96. The Morgan fingerprint density at radius 2 is 2.00 bits per heavy atom. The average Bonchev–Trinajstić information content (AvgIpc) is 2.76. The molecule has 4 heteroatoms. The van der Waals surface area contributed by atoms with Crippen molar-refractivity contribution < 1.29 is 4.74 Å². The largest absolute Gasteiger partial charge is 0.493 e. The second-order valence-corrected chi connectivity index (χ2v) is 4.40. The maximum absolute atomic E-state index is 5.79. The van der Waals surface area contributed by atoms with Crippen LogP contribution in [0, 0.1) is 0 Å². The number of rotatable bonds is 5. The highest BCUT2D eigenvalue weighted by atomic mass is 16.5. The Labute approximate surface area is 107 Å². The summed E-state index contributed by atoms with van der Waals surface area (Å²) in [6.45, 7) is 2.62. The Kier molecular flexibility index (Phi) is 3.99. The molecular formula is C14H19N3O. The quantitative estimate of drug-likeness (QED) is 0.877. The third-order valence-corrected chi connectivity index (χ3v) is 2.96. The van der Waals surface area contributed by atoms with Crippen molar-refractivity contribution in [2.45, 2.75) is 19.4 Å². The maximum atomic E-state index is 5.79. The van der Waals surface area contributed by atoms with Crippen molar-refractivity contribution in [1.29, 1.82) is 0 Å². The van der Waals surface area contributed by atoms with E-state index in [1.807, 2.05) is 49.0 Å². The number of hydrogen-bond acceptors (Lipinski definition) is 3. The molecule has 0 fully saturated rings. The van der Waals surface area contributed by atoms with Crippen LogP contribution in [0.2, 0.25) is 0 Å². The molecule has 0 aliphatic carbocycles. The topological polar surface area (TPSA) is 53.1 Å². The van der Waals surface area contributed by atoms with Crippen molar-refractivity contribution in [2.75, 3.05) is 6.61 Å². The molecule has 0 spiro atoms. The van der Waals surface area contributed by atoms with E-state index in [1.54, 1.807) is 6.20 Å². The van der Waals surface area contributed by atoms with Crippen molar-refractivity contribution in [2.24, 2.45) is 12.8 Å². The van der Waals surface area contributed by atoms with Crippen LogP contribution in [-0.4, -0.2) is 16.4 Å². The van der Waals surface area contributed by atoms with Crippen molar-refractivity contribution in [3.8, 4) is 5.75 Å². The summed E-state index contributed by atoms with van der Waals surface area (Å²) in [6, 6.07) is 9.99. The summed E-state index contributed by atoms with van der Waals surface area (Å²) in [5.41, 5.74) is 8.08. The van der Waals surface area contributed by atoms with E-state index in [0.717, 1.165) is 17.7 Å². The Morgan fingerprint density at radius 1 is 1.28 bits per heavy atom. The molecule has 0 saturated heterocycles. The molecule has 0 radical (unpaired) electrons. The van der Waals surface area contributed by atoms with E-state index in [0.29, 0.717) is 6.61 Å². The normalized spacial score (nSPS) is 12.4. The fourth-order valence-electron chi connectivity index (χ4n) is 1.79. The van der Waals surface area contributed by atoms with Gasteiger partial charge in [-0.1, -0.05) is 12.1 Å². The third kappa shape index (κ3) is 3.11. The van der Waals surface area contributed by atoms with Gasteiger partial charge in [0.15, 0.2) is 0 Å². The molecule has 0 aliphatic rings. The molecule has 0 bridgehead atoms. The van der Waals surface area contributed by atoms with E-state index in [4.69, 9.17) is 10.5 Å². The van der Waals surface area contributed by atoms with Gasteiger partial charge in [0.25, 0.3) is 0 Å². The summed E-state index contributed by atoms with van der Waals surface area (Å²) in [5.74, 6) is 0.876. The number of ether oxygens (including phenoxy) is 1. The second-order valence-electron chi connectivity index (χ2n) is 4.40. The molecule has 2 N–H and O–H groups in total. The molecule has 1 heterocycles. The summed E-state index contributed by atoms with van der Waals surface area (Å²) < 4.78 is 7.55. The fourth-order valence-corrected chi connectivity index (χ4v) is 1.79. The van der Waals surface area contributed by atoms with Crippen LogP contribution in [0.1, 0.15) is 24.2 Å². The molecule has 96 valence electrons. The minimum Gasteiger partial charge on any atom is -0.493 e. The van der Waals surface area contributed by atoms with Gasteiger partial charge in [-0.2, -0.15) is 5.10 Å². The Balaban J connectivity index is 1.85. The standard InChI is InChI=1S/C14H19N3O/c1-11(15)12-3-5-14(6-4-12)18-10-8-13-7-9-16-17(13)2/h3-7,9,11H,8,10,15H2,1-2H3/t11-/m0/s1. The van der Waals surface area contributed by atoms with Gasteiger partial charge < -0.3 is 10.5 Å². The van der Waals surface area contributed by atoms with Gasteiger partial charge >= 0.3 is 0 Å². The molecule has 0 amide bonds. The lowest BCUT2D eigenvalue weighted by Crippen LogP contribution is -2.07. The Bertz CT molecular complexity index is 488. The van der Waals surface area contributed by atoms with Crippen molar-refractivity contribution in [3.63, 3.8) is 0 Å². The second kappa shape index (κ2) is 5.69. The van der Waals surface area contributed by atoms with Gasteiger partial charge in [-0.05, 0) is 30.7 Å². The summed E-state index contributed by atoms with van der Waals surface area (Å²) in [4.78, 5) is 0. The van der Waals surface area contributed by atoms with Crippen LogP contribution in [0.3, 0.4) is 0 Å². The Hall–Kier alpha value is -1.81.